The number of thiazole rings is 1. The summed E-state index contributed by atoms with van der Waals surface area (Å²) in [7, 11) is 1.84. The van der Waals surface area contributed by atoms with Gasteiger partial charge in [0.15, 0.2) is 0 Å². The summed E-state index contributed by atoms with van der Waals surface area (Å²) in [6, 6.07) is 7.95. The predicted molar refractivity (Wildman–Crippen MR) is 84.2 cm³/mol. The van der Waals surface area contributed by atoms with Crippen molar-refractivity contribution in [2.75, 3.05) is 13.6 Å². The van der Waals surface area contributed by atoms with E-state index in [-0.39, 0.29) is 11.9 Å². The fourth-order valence-corrected chi connectivity index (χ4v) is 3.35. The highest BCUT2D eigenvalue weighted by atomic mass is 32.1. The average molecular weight is 301 g/mol. The van der Waals surface area contributed by atoms with Gasteiger partial charge in [-0.15, -0.1) is 11.3 Å². The second-order valence-electron chi connectivity index (χ2n) is 5.39. The van der Waals surface area contributed by atoms with Gasteiger partial charge in [-0.3, -0.25) is 4.79 Å². The first-order valence-corrected chi connectivity index (χ1v) is 8.00. The number of aryl methyl sites for hydroxylation is 1. The summed E-state index contributed by atoms with van der Waals surface area (Å²) in [4.78, 5) is 18.9. The van der Waals surface area contributed by atoms with E-state index in [0.717, 1.165) is 29.2 Å². The van der Waals surface area contributed by atoms with Gasteiger partial charge in [-0.05, 0) is 24.5 Å². The Bertz CT molecular complexity index is 652. The molecule has 2 aromatic rings. The molecule has 21 heavy (non-hydrogen) atoms. The lowest BCUT2D eigenvalue weighted by atomic mass is 9.93. The van der Waals surface area contributed by atoms with Crippen LogP contribution < -0.4 is 5.32 Å². The van der Waals surface area contributed by atoms with Crippen molar-refractivity contribution >= 4 is 17.2 Å². The second-order valence-corrected chi connectivity index (χ2v) is 6.45. The quantitative estimate of drug-likeness (QED) is 0.946. The first-order chi connectivity index (χ1) is 10.1. The molecule has 1 unspecified atom stereocenters. The lowest BCUT2D eigenvalue weighted by Crippen LogP contribution is -2.42. The third kappa shape index (κ3) is 2.99. The molecule has 1 N–H and O–H groups in total. The van der Waals surface area contributed by atoms with Crippen LogP contribution in [-0.2, 0) is 17.8 Å². The molecule has 2 heterocycles. The van der Waals surface area contributed by atoms with Gasteiger partial charge in [0, 0.05) is 19.0 Å². The van der Waals surface area contributed by atoms with Crippen molar-refractivity contribution in [3.63, 3.8) is 0 Å². The normalized spacial score (nSPS) is 17.3. The minimum atomic E-state index is -0.236. The highest BCUT2D eigenvalue weighted by Crippen LogP contribution is 2.24. The Morgan fingerprint density at radius 2 is 2.29 bits per heavy atom. The van der Waals surface area contributed by atoms with Crippen molar-refractivity contribution in [3.05, 3.63) is 51.5 Å². The molecule has 3 rings (SSSR count). The maximum absolute atomic E-state index is 12.7. The fraction of sp³-hybridized carbons (Fsp3) is 0.375. The number of aromatic nitrogens is 1. The van der Waals surface area contributed by atoms with Crippen molar-refractivity contribution < 1.29 is 4.79 Å². The van der Waals surface area contributed by atoms with Crippen LogP contribution in [-0.4, -0.2) is 29.4 Å². The van der Waals surface area contributed by atoms with Crippen molar-refractivity contribution in [2.45, 2.75) is 25.9 Å². The maximum Gasteiger partial charge on any atom is 0.244 e. The Morgan fingerprint density at radius 1 is 1.48 bits per heavy atom. The summed E-state index contributed by atoms with van der Waals surface area (Å²) in [5.41, 5.74) is 3.33. The number of rotatable bonds is 3. The van der Waals surface area contributed by atoms with Crippen LogP contribution in [0.3, 0.4) is 0 Å². The molecule has 0 spiro atoms. The molecule has 0 fully saturated rings. The van der Waals surface area contributed by atoms with Crippen LogP contribution in [0.4, 0.5) is 0 Å². The van der Waals surface area contributed by atoms with Crippen molar-refractivity contribution in [3.8, 4) is 0 Å². The number of nitrogens with zero attached hydrogens (tertiary/aromatic N) is 2. The minimum absolute atomic E-state index is 0.104. The number of amides is 1. The second kappa shape index (κ2) is 5.95. The Morgan fingerprint density at radius 3 is 3.05 bits per heavy atom. The molecule has 1 aromatic heterocycles. The van der Waals surface area contributed by atoms with Crippen LogP contribution in [0.25, 0.3) is 0 Å². The standard InChI is InChI=1S/C16H19N3OS/c1-11-18-13(10-21-11)9-19(2)16(20)15-14-6-4-3-5-12(14)7-8-17-15/h3-6,10,15,17H,7-9H2,1-2H3. The van der Waals surface area contributed by atoms with E-state index in [1.807, 2.05) is 37.6 Å². The number of benzene rings is 1. The van der Waals surface area contributed by atoms with Gasteiger partial charge in [-0.2, -0.15) is 0 Å². The molecule has 1 amide bonds. The van der Waals surface area contributed by atoms with E-state index in [4.69, 9.17) is 0 Å². The van der Waals surface area contributed by atoms with E-state index >= 15 is 0 Å². The van der Waals surface area contributed by atoms with Gasteiger partial charge >= 0.3 is 0 Å². The highest BCUT2D eigenvalue weighted by molar-refractivity contribution is 7.09. The monoisotopic (exact) mass is 301 g/mol. The summed E-state index contributed by atoms with van der Waals surface area (Å²) in [6.07, 6.45) is 0.981. The molecule has 1 aromatic carbocycles. The molecule has 0 radical (unpaired) electrons. The van der Waals surface area contributed by atoms with Gasteiger partial charge in [0.2, 0.25) is 5.91 Å². The topological polar surface area (TPSA) is 45.2 Å². The zero-order chi connectivity index (χ0) is 14.8. The third-order valence-electron chi connectivity index (χ3n) is 3.80. The third-order valence-corrected chi connectivity index (χ3v) is 4.62. The smallest absolute Gasteiger partial charge is 0.244 e. The summed E-state index contributed by atoms with van der Waals surface area (Å²) in [6.45, 7) is 3.38. The van der Waals surface area contributed by atoms with Crippen molar-refractivity contribution in [1.82, 2.24) is 15.2 Å². The first kappa shape index (κ1) is 14.2. The van der Waals surface area contributed by atoms with Gasteiger partial charge in [-0.25, -0.2) is 4.98 Å². The average Bonchev–Trinajstić information content (AvgIpc) is 2.91. The number of nitrogens with one attached hydrogen (secondary N) is 1. The van der Waals surface area contributed by atoms with Gasteiger partial charge < -0.3 is 10.2 Å². The molecule has 0 saturated carbocycles. The zero-order valence-electron chi connectivity index (χ0n) is 12.3. The molecule has 0 aliphatic carbocycles. The molecule has 0 bridgehead atoms. The minimum Gasteiger partial charge on any atom is -0.338 e. The molecule has 1 atom stereocenters. The van der Waals surface area contributed by atoms with Crippen molar-refractivity contribution in [1.29, 1.82) is 0 Å². The van der Waals surface area contributed by atoms with E-state index in [2.05, 4.69) is 16.4 Å². The SMILES string of the molecule is Cc1nc(CN(C)C(=O)C2NCCc3ccccc32)cs1. The van der Waals surface area contributed by atoms with Crippen LogP contribution >= 0.6 is 11.3 Å². The Labute approximate surface area is 128 Å². The van der Waals surface area contributed by atoms with E-state index in [1.165, 1.54) is 5.56 Å². The number of likely N-dealkylation sites (N-methyl/N-ethyl adjacent to an activating group) is 1. The van der Waals surface area contributed by atoms with Crippen LogP contribution in [0.5, 0.6) is 0 Å². The number of hydrogen-bond donors (Lipinski definition) is 1. The molecular formula is C16H19N3OS. The Hall–Kier alpha value is -1.72. The van der Waals surface area contributed by atoms with Gasteiger partial charge in [0.25, 0.3) is 0 Å². The van der Waals surface area contributed by atoms with Crippen LogP contribution in [0.15, 0.2) is 29.6 Å². The maximum atomic E-state index is 12.7. The van der Waals surface area contributed by atoms with Gasteiger partial charge in [0.05, 0.1) is 17.2 Å². The largest absolute Gasteiger partial charge is 0.338 e. The van der Waals surface area contributed by atoms with Crippen LogP contribution in [0, 0.1) is 6.92 Å². The van der Waals surface area contributed by atoms with Gasteiger partial charge in [-0.1, -0.05) is 24.3 Å². The summed E-state index contributed by atoms with van der Waals surface area (Å²) in [5, 5.41) is 6.39. The first-order valence-electron chi connectivity index (χ1n) is 7.12. The Kier molecular flexibility index (Phi) is 4.03. The van der Waals surface area contributed by atoms with Gasteiger partial charge in [0.1, 0.15) is 6.04 Å². The predicted octanol–water partition coefficient (Wildman–Crippen LogP) is 2.30. The Balaban J connectivity index is 1.76. The molecule has 1 aliphatic heterocycles. The van der Waals surface area contributed by atoms with E-state index < -0.39 is 0 Å². The number of hydrogen-bond acceptors (Lipinski definition) is 4. The lowest BCUT2D eigenvalue weighted by Gasteiger charge is -2.29. The molecule has 1 aliphatic rings. The van der Waals surface area contributed by atoms with Crippen LogP contribution in [0.2, 0.25) is 0 Å². The number of carbonyl (C=O) groups is 1. The molecule has 4 nitrogen and oxygen atoms in total. The summed E-state index contributed by atoms with van der Waals surface area (Å²) < 4.78 is 0. The van der Waals surface area contributed by atoms with Crippen molar-refractivity contribution in [2.24, 2.45) is 0 Å². The number of carbonyl (C=O) groups excluding carboxylic acids is 1. The lowest BCUT2D eigenvalue weighted by molar-refractivity contribution is -0.133. The fourth-order valence-electron chi connectivity index (χ4n) is 2.75. The summed E-state index contributed by atoms with van der Waals surface area (Å²) in [5.74, 6) is 0.104. The van der Waals surface area contributed by atoms with Crippen LogP contribution in [0.1, 0.15) is 27.9 Å². The van der Waals surface area contributed by atoms with E-state index in [9.17, 15) is 4.79 Å². The van der Waals surface area contributed by atoms with E-state index in [1.54, 1.807) is 16.2 Å². The molecule has 110 valence electrons. The zero-order valence-corrected chi connectivity index (χ0v) is 13.1. The molecular weight excluding hydrogens is 282 g/mol. The summed E-state index contributed by atoms with van der Waals surface area (Å²) >= 11 is 1.62. The van der Waals surface area contributed by atoms with E-state index in [0.29, 0.717) is 6.54 Å². The number of fused-ring (bicyclic) bond motifs is 1. The molecule has 0 saturated heterocycles. The highest BCUT2D eigenvalue weighted by Gasteiger charge is 2.28. The molecule has 5 heteroatoms.